The van der Waals surface area contributed by atoms with Crippen molar-refractivity contribution in [1.29, 1.82) is 0 Å². The van der Waals surface area contributed by atoms with Crippen LogP contribution in [0.5, 0.6) is 11.5 Å². The number of aromatic nitrogens is 3. The zero-order valence-electron chi connectivity index (χ0n) is 21.1. The molecule has 1 aromatic heterocycles. The zero-order chi connectivity index (χ0) is 27.2. The van der Waals surface area contributed by atoms with Gasteiger partial charge in [0, 0.05) is 15.6 Å². The van der Waals surface area contributed by atoms with Crippen LogP contribution in [0.3, 0.4) is 0 Å². The standard InChI is InChI=1S/C27H26BrClN4O4S/c1-4-36-24-14-20(13-23(28)26(24)37-16-19-7-9-21(29)10-8-19)25(15-32(34)35)38-27-31-30-18(3)33(27)22-11-5-17(2)6-12-22/h5-14,25H,4,15-16H2,1-3H3/t25-/m1/s1. The van der Waals surface area contributed by atoms with Gasteiger partial charge in [-0.2, -0.15) is 0 Å². The van der Waals surface area contributed by atoms with E-state index in [4.69, 9.17) is 21.1 Å². The molecular formula is C27H26BrClN4O4S. The van der Waals surface area contributed by atoms with Crippen LogP contribution < -0.4 is 9.47 Å². The molecule has 4 rings (SSSR count). The molecule has 38 heavy (non-hydrogen) atoms. The van der Waals surface area contributed by atoms with Crippen molar-refractivity contribution in [2.45, 2.75) is 37.8 Å². The van der Waals surface area contributed by atoms with Crippen molar-refractivity contribution in [3.63, 3.8) is 0 Å². The molecule has 8 nitrogen and oxygen atoms in total. The van der Waals surface area contributed by atoms with Crippen molar-refractivity contribution in [3.05, 3.63) is 103 Å². The Morgan fingerprint density at radius 3 is 2.45 bits per heavy atom. The van der Waals surface area contributed by atoms with Crippen molar-refractivity contribution in [1.82, 2.24) is 14.8 Å². The summed E-state index contributed by atoms with van der Waals surface area (Å²) in [4.78, 5) is 11.4. The van der Waals surface area contributed by atoms with Gasteiger partial charge >= 0.3 is 0 Å². The first kappa shape index (κ1) is 27.9. The van der Waals surface area contributed by atoms with Gasteiger partial charge in [-0.25, -0.2) is 0 Å². The first-order valence-corrected chi connectivity index (χ1v) is 13.9. The summed E-state index contributed by atoms with van der Waals surface area (Å²) in [6.07, 6.45) is 0. The number of halogens is 2. The van der Waals surface area contributed by atoms with E-state index < -0.39 is 5.25 Å². The minimum atomic E-state index is -0.557. The van der Waals surface area contributed by atoms with E-state index in [1.54, 1.807) is 18.2 Å². The largest absolute Gasteiger partial charge is 0.490 e. The number of nitrogens with zero attached hydrogens (tertiary/aromatic N) is 4. The lowest BCUT2D eigenvalue weighted by atomic mass is 10.1. The Hall–Kier alpha value is -3.08. The molecule has 1 heterocycles. The Balaban J connectivity index is 1.66. The van der Waals surface area contributed by atoms with Crippen LogP contribution >= 0.6 is 39.3 Å². The molecular weight excluding hydrogens is 592 g/mol. The molecule has 0 bridgehead atoms. The lowest BCUT2D eigenvalue weighted by Gasteiger charge is -2.19. The molecule has 0 saturated heterocycles. The fraction of sp³-hybridized carbons (Fsp3) is 0.259. The Kier molecular flexibility index (Phi) is 9.30. The van der Waals surface area contributed by atoms with Gasteiger partial charge in [-0.3, -0.25) is 14.7 Å². The summed E-state index contributed by atoms with van der Waals surface area (Å²) in [5.74, 6) is 1.71. The molecule has 0 aliphatic heterocycles. The molecule has 0 spiro atoms. The highest BCUT2D eigenvalue weighted by molar-refractivity contribution is 9.10. The smallest absolute Gasteiger partial charge is 0.220 e. The number of hydrogen-bond acceptors (Lipinski definition) is 7. The van der Waals surface area contributed by atoms with Gasteiger partial charge in [-0.05, 0) is 84.2 Å². The van der Waals surface area contributed by atoms with E-state index in [0.29, 0.717) is 50.8 Å². The highest BCUT2D eigenvalue weighted by atomic mass is 79.9. The highest BCUT2D eigenvalue weighted by Gasteiger charge is 2.26. The van der Waals surface area contributed by atoms with Gasteiger partial charge in [0.05, 0.1) is 11.1 Å². The van der Waals surface area contributed by atoms with Crippen molar-refractivity contribution < 1.29 is 14.4 Å². The van der Waals surface area contributed by atoms with Crippen LogP contribution in [-0.2, 0) is 6.61 Å². The summed E-state index contributed by atoms with van der Waals surface area (Å²) < 4.78 is 14.5. The summed E-state index contributed by atoms with van der Waals surface area (Å²) >= 11 is 10.9. The summed E-state index contributed by atoms with van der Waals surface area (Å²) in [6, 6.07) is 19.0. The molecule has 0 unspecified atom stereocenters. The maximum absolute atomic E-state index is 11.7. The fourth-order valence-electron chi connectivity index (χ4n) is 3.80. The third-order valence-electron chi connectivity index (χ3n) is 5.65. The van der Waals surface area contributed by atoms with Gasteiger partial charge in [-0.15, -0.1) is 10.2 Å². The Bertz CT molecular complexity index is 1410. The summed E-state index contributed by atoms with van der Waals surface area (Å²) in [7, 11) is 0. The van der Waals surface area contributed by atoms with Crippen LogP contribution in [0.4, 0.5) is 0 Å². The molecule has 0 saturated carbocycles. The molecule has 3 aromatic carbocycles. The second-order valence-electron chi connectivity index (χ2n) is 8.50. The van der Waals surface area contributed by atoms with Gasteiger partial charge in [0.2, 0.25) is 6.54 Å². The van der Waals surface area contributed by atoms with Crippen LogP contribution in [0.25, 0.3) is 5.69 Å². The number of ether oxygens (including phenoxy) is 2. The maximum Gasteiger partial charge on any atom is 0.220 e. The normalized spacial score (nSPS) is 11.8. The lowest BCUT2D eigenvalue weighted by Crippen LogP contribution is -2.12. The average molecular weight is 618 g/mol. The number of benzene rings is 3. The Labute approximate surface area is 238 Å². The monoisotopic (exact) mass is 616 g/mol. The van der Waals surface area contributed by atoms with E-state index in [1.807, 2.05) is 67.8 Å². The van der Waals surface area contributed by atoms with Crippen LogP contribution in [0.2, 0.25) is 5.02 Å². The van der Waals surface area contributed by atoms with Crippen LogP contribution in [-0.4, -0.2) is 32.8 Å². The topological polar surface area (TPSA) is 92.3 Å². The van der Waals surface area contributed by atoms with E-state index >= 15 is 0 Å². The number of thioether (sulfide) groups is 1. The number of rotatable bonds is 11. The molecule has 0 N–H and O–H groups in total. The Morgan fingerprint density at radius 1 is 1.08 bits per heavy atom. The maximum atomic E-state index is 11.7. The third kappa shape index (κ3) is 6.86. The lowest BCUT2D eigenvalue weighted by molar-refractivity contribution is -0.479. The van der Waals surface area contributed by atoms with Crippen LogP contribution in [0.1, 0.15) is 34.7 Å². The van der Waals surface area contributed by atoms with Gasteiger partial charge in [0.1, 0.15) is 17.7 Å². The van der Waals surface area contributed by atoms with Crippen molar-refractivity contribution >= 4 is 39.3 Å². The number of aryl methyl sites for hydroxylation is 2. The average Bonchev–Trinajstić information content (AvgIpc) is 3.24. The number of nitro groups is 1. The van der Waals surface area contributed by atoms with Gasteiger partial charge in [0.15, 0.2) is 16.7 Å². The zero-order valence-corrected chi connectivity index (χ0v) is 24.2. The minimum absolute atomic E-state index is 0.307. The van der Waals surface area contributed by atoms with Gasteiger partial charge in [-0.1, -0.05) is 53.2 Å². The molecule has 11 heteroatoms. The molecule has 0 aliphatic rings. The first-order chi connectivity index (χ1) is 18.2. The highest BCUT2D eigenvalue weighted by Crippen LogP contribution is 2.43. The molecule has 0 aliphatic carbocycles. The molecule has 4 aromatic rings. The summed E-state index contributed by atoms with van der Waals surface area (Å²) in [5.41, 5.74) is 3.67. The molecule has 0 fully saturated rings. The van der Waals surface area contributed by atoms with Crippen molar-refractivity contribution in [2.75, 3.05) is 13.2 Å². The first-order valence-electron chi connectivity index (χ1n) is 11.9. The van der Waals surface area contributed by atoms with Crippen LogP contribution in [0, 0.1) is 24.0 Å². The van der Waals surface area contributed by atoms with E-state index in [-0.39, 0.29) is 11.5 Å². The van der Waals surface area contributed by atoms with Crippen molar-refractivity contribution in [3.8, 4) is 17.2 Å². The molecule has 0 amide bonds. The number of hydrogen-bond donors (Lipinski definition) is 0. The van der Waals surface area contributed by atoms with Crippen LogP contribution in [0.15, 0.2) is 70.3 Å². The Morgan fingerprint density at radius 2 is 1.79 bits per heavy atom. The quantitative estimate of drug-likeness (QED) is 0.0984. The SMILES string of the molecule is CCOc1cc([C@@H](C[N+](=O)[O-])Sc2nnc(C)n2-c2ccc(C)cc2)cc(Br)c1OCc1ccc(Cl)cc1. The molecule has 0 radical (unpaired) electrons. The fourth-order valence-corrected chi connectivity index (χ4v) is 5.65. The van der Waals surface area contributed by atoms with E-state index in [2.05, 4.69) is 26.1 Å². The second kappa shape index (κ2) is 12.6. The summed E-state index contributed by atoms with van der Waals surface area (Å²) in [6.45, 7) is 6.15. The minimum Gasteiger partial charge on any atom is -0.490 e. The van der Waals surface area contributed by atoms with Gasteiger partial charge in [0.25, 0.3) is 0 Å². The van der Waals surface area contributed by atoms with E-state index in [1.165, 1.54) is 11.8 Å². The van der Waals surface area contributed by atoms with E-state index in [9.17, 15) is 10.1 Å². The predicted molar refractivity (Wildman–Crippen MR) is 152 cm³/mol. The van der Waals surface area contributed by atoms with Crippen molar-refractivity contribution in [2.24, 2.45) is 0 Å². The molecule has 1 atom stereocenters. The second-order valence-corrected chi connectivity index (χ2v) is 11.0. The van der Waals surface area contributed by atoms with Gasteiger partial charge < -0.3 is 9.47 Å². The van der Waals surface area contributed by atoms with E-state index in [0.717, 1.165) is 16.8 Å². The third-order valence-corrected chi connectivity index (χ3v) is 7.67. The molecule has 198 valence electrons. The summed E-state index contributed by atoms with van der Waals surface area (Å²) in [5, 5.41) is 20.9. The predicted octanol–water partition coefficient (Wildman–Crippen LogP) is 7.39.